The van der Waals surface area contributed by atoms with Crippen LogP contribution in [0, 0.1) is 0 Å². The molecule has 152 valence electrons. The van der Waals surface area contributed by atoms with E-state index >= 15 is 0 Å². The summed E-state index contributed by atoms with van der Waals surface area (Å²) in [6, 6.07) is 13.7. The van der Waals surface area contributed by atoms with E-state index in [1.807, 2.05) is 24.3 Å². The Morgan fingerprint density at radius 1 is 1.10 bits per heavy atom. The number of amides is 4. The number of hydrogen-bond donors (Lipinski definition) is 2. The van der Waals surface area contributed by atoms with E-state index in [4.69, 9.17) is 11.6 Å². The largest absolute Gasteiger partial charge is 0.325 e. The van der Waals surface area contributed by atoms with E-state index in [1.165, 1.54) is 0 Å². The molecule has 0 aromatic heterocycles. The fraction of sp³-hybridized carbons (Fsp3) is 0.318. The predicted octanol–water partition coefficient (Wildman–Crippen LogP) is 4.04. The maximum atomic E-state index is 13.0. The number of para-hydroxylation sites is 1. The molecule has 0 saturated carbocycles. The van der Waals surface area contributed by atoms with Gasteiger partial charge in [0.25, 0.3) is 5.91 Å². The zero-order valence-corrected chi connectivity index (χ0v) is 17.6. The van der Waals surface area contributed by atoms with Gasteiger partial charge in [0.1, 0.15) is 12.1 Å². The Balaban J connectivity index is 1.76. The van der Waals surface area contributed by atoms with Crippen LogP contribution < -0.4 is 10.6 Å². The normalized spacial score (nSPS) is 19.3. The van der Waals surface area contributed by atoms with Gasteiger partial charge in [0.05, 0.1) is 10.7 Å². The highest BCUT2D eigenvalue weighted by Gasteiger charge is 2.49. The van der Waals surface area contributed by atoms with Gasteiger partial charge in [-0.1, -0.05) is 68.8 Å². The Morgan fingerprint density at radius 2 is 1.72 bits per heavy atom. The molecule has 1 fully saturated rings. The summed E-state index contributed by atoms with van der Waals surface area (Å²) in [6.07, 6.45) is 0. The van der Waals surface area contributed by atoms with Gasteiger partial charge in [-0.05, 0) is 35.6 Å². The van der Waals surface area contributed by atoms with Gasteiger partial charge in [0.2, 0.25) is 5.91 Å². The maximum Gasteiger partial charge on any atom is 0.325 e. The second-order valence-electron chi connectivity index (χ2n) is 8.30. The molecule has 0 bridgehead atoms. The SMILES string of the molecule is CC(C)(C)c1ccc([C@]2(C)NC(=O)N(CC(=O)Nc3ccccc3Cl)C2=O)cc1. The van der Waals surface area contributed by atoms with Crippen LogP contribution >= 0.6 is 11.6 Å². The molecule has 3 rings (SSSR count). The van der Waals surface area contributed by atoms with Crippen LogP contribution in [0.25, 0.3) is 0 Å². The van der Waals surface area contributed by atoms with Crippen molar-refractivity contribution >= 4 is 35.1 Å². The fourth-order valence-corrected chi connectivity index (χ4v) is 3.42. The number of halogens is 1. The lowest BCUT2D eigenvalue weighted by molar-refractivity contribution is -0.133. The zero-order chi connectivity index (χ0) is 21.4. The number of rotatable bonds is 4. The molecule has 4 amide bonds. The van der Waals surface area contributed by atoms with E-state index in [2.05, 4.69) is 31.4 Å². The first-order valence-corrected chi connectivity index (χ1v) is 9.70. The Labute approximate surface area is 175 Å². The number of nitrogens with zero attached hydrogens (tertiary/aromatic N) is 1. The van der Waals surface area contributed by atoms with Crippen LogP contribution in [-0.4, -0.2) is 29.3 Å². The minimum Gasteiger partial charge on any atom is -0.323 e. The molecule has 1 aliphatic rings. The molecule has 29 heavy (non-hydrogen) atoms. The van der Waals surface area contributed by atoms with Crippen LogP contribution in [0.15, 0.2) is 48.5 Å². The van der Waals surface area contributed by atoms with Crippen molar-refractivity contribution in [2.75, 3.05) is 11.9 Å². The first-order chi connectivity index (χ1) is 13.5. The van der Waals surface area contributed by atoms with Crippen LogP contribution in [-0.2, 0) is 20.5 Å². The second kappa shape index (κ2) is 7.52. The van der Waals surface area contributed by atoms with Crippen LogP contribution in [0.3, 0.4) is 0 Å². The van der Waals surface area contributed by atoms with E-state index < -0.39 is 29.9 Å². The number of imide groups is 1. The van der Waals surface area contributed by atoms with Gasteiger partial charge < -0.3 is 10.6 Å². The summed E-state index contributed by atoms with van der Waals surface area (Å²) in [7, 11) is 0. The molecule has 0 aliphatic carbocycles. The Hall–Kier alpha value is -2.86. The number of urea groups is 1. The van der Waals surface area contributed by atoms with Crippen molar-refractivity contribution in [1.82, 2.24) is 10.2 Å². The standard InChI is InChI=1S/C22H24ClN3O3/c1-21(2,3)14-9-11-15(12-10-14)22(4)19(28)26(20(29)25-22)13-18(27)24-17-8-6-5-7-16(17)23/h5-12H,13H2,1-4H3,(H,24,27)(H,25,29)/t22-/m0/s1. The molecule has 0 unspecified atom stereocenters. The summed E-state index contributed by atoms with van der Waals surface area (Å²) in [5, 5.41) is 5.72. The molecule has 2 aromatic rings. The highest BCUT2D eigenvalue weighted by atomic mass is 35.5. The zero-order valence-electron chi connectivity index (χ0n) is 16.9. The van der Waals surface area contributed by atoms with Crippen LogP contribution in [0.4, 0.5) is 10.5 Å². The molecule has 0 radical (unpaired) electrons. The summed E-state index contributed by atoms with van der Waals surface area (Å²) in [5.74, 6) is -0.978. The number of hydrogen-bond acceptors (Lipinski definition) is 3. The van der Waals surface area contributed by atoms with Crippen molar-refractivity contribution in [1.29, 1.82) is 0 Å². The lowest BCUT2D eigenvalue weighted by Crippen LogP contribution is -2.42. The first-order valence-electron chi connectivity index (χ1n) is 9.32. The highest BCUT2D eigenvalue weighted by molar-refractivity contribution is 6.33. The molecule has 6 nitrogen and oxygen atoms in total. The Morgan fingerprint density at radius 3 is 2.31 bits per heavy atom. The molecule has 1 aliphatic heterocycles. The van der Waals surface area contributed by atoms with Gasteiger partial charge in [-0.3, -0.25) is 14.5 Å². The van der Waals surface area contributed by atoms with Crippen molar-refractivity contribution in [2.24, 2.45) is 0 Å². The third-order valence-corrected chi connectivity index (χ3v) is 5.38. The van der Waals surface area contributed by atoms with E-state index in [-0.39, 0.29) is 5.41 Å². The summed E-state index contributed by atoms with van der Waals surface area (Å²) >= 11 is 6.04. The van der Waals surface area contributed by atoms with Crippen molar-refractivity contribution in [3.05, 3.63) is 64.7 Å². The summed E-state index contributed by atoms with van der Waals surface area (Å²) in [6.45, 7) is 7.56. The van der Waals surface area contributed by atoms with Crippen LogP contribution in [0.5, 0.6) is 0 Å². The molecule has 1 heterocycles. The van der Waals surface area contributed by atoms with Crippen LogP contribution in [0.2, 0.25) is 5.02 Å². The van der Waals surface area contributed by atoms with Gasteiger partial charge in [-0.2, -0.15) is 0 Å². The smallest absolute Gasteiger partial charge is 0.323 e. The molecular formula is C22H24ClN3O3. The van der Waals surface area contributed by atoms with Gasteiger partial charge in [0, 0.05) is 0 Å². The monoisotopic (exact) mass is 413 g/mol. The van der Waals surface area contributed by atoms with Crippen LogP contribution in [0.1, 0.15) is 38.8 Å². The molecule has 2 aromatic carbocycles. The Kier molecular flexibility index (Phi) is 5.41. The quantitative estimate of drug-likeness (QED) is 0.742. The molecule has 1 atom stereocenters. The van der Waals surface area contributed by atoms with E-state index in [0.29, 0.717) is 16.3 Å². The third kappa shape index (κ3) is 4.12. The number of benzene rings is 2. The average Bonchev–Trinajstić information content (AvgIpc) is 2.87. The molecule has 7 heteroatoms. The molecular weight excluding hydrogens is 390 g/mol. The van der Waals surface area contributed by atoms with E-state index in [9.17, 15) is 14.4 Å². The fourth-order valence-electron chi connectivity index (χ4n) is 3.24. The minimum absolute atomic E-state index is 0.0226. The average molecular weight is 414 g/mol. The third-order valence-electron chi connectivity index (χ3n) is 5.05. The molecule has 2 N–H and O–H groups in total. The van der Waals surface area contributed by atoms with Crippen molar-refractivity contribution in [3.8, 4) is 0 Å². The first kappa shape index (κ1) is 20.9. The highest BCUT2D eigenvalue weighted by Crippen LogP contribution is 2.31. The topological polar surface area (TPSA) is 78.5 Å². The van der Waals surface area contributed by atoms with Gasteiger partial charge in [-0.15, -0.1) is 0 Å². The van der Waals surface area contributed by atoms with Crippen molar-refractivity contribution in [2.45, 2.75) is 38.6 Å². The summed E-state index contributed by atoms with van der Waals surface area (Å²) in [5.41, 5.74) is 0.964. The number of nitrogens with one attached hydrogen (secondary N) is 2. The summed E-state index contributed by atoms with van der Waals surface area (Å²) < 4.78 is 0. The molecule has 0 spiro atoms. The van der Waals surface area contributed by atoms with Gasteiger partial charge >= 0.3 is 6.03 Å². The lowest BCUT2D eigenvalue weighted by atomic mass is 9.84. The number of carbonyl (C=O) groups excluding carboxylic acids is 3. The number of carbonyl (C=O) groups is 3. The van der Waals surface area contributed by atoms with Crippen molar-refractivity contribution < 1.29 is 14.4 Å². The van der Waals surface area contributed by atoms with E-state index in [1.54, 1.807) is 31.2 Å². The second-order valence-corrected chi connectivity index (χ2v) is 8.71. The minimum atomic E-state index is -1.22. The predicted molar refractivity (Wildman–Crippen MR) is 113 cm³/mol. The van der Waals surface area contributed by atoms with Gasteiger partial charge in [-0.25, -0.2) is 4.79 Å². The van der Waals surface area contributed by atoms with Gasteiger partial charge in [0.15, 0.2) is 0 Å². The number of anilines is 1. The van der Waals surface area contributed by atoms with E-state index in [0.717, 1.165) is 10.5 Å². The lowest BCUT2D eigenvalue weighted by Gasteiger charge is -2.24. The Bertz CT molecular complexity index is 966. The van der Waals surface area contributed by atoms with Crippen molar-refractivity contribution in [3.63, 3.8) is 0 Å². The maximum absolute atomic E-state index is 13.0. The summed E-state index contributed by atoms with van der Waals surface area (Å²) in [4.78, 5) is 38.7. The molecule has 1 saturated heterocycles.